The number of benzene rings is 3. The van der Waals surface area contributed by atoms with Gasteiger partial charge in [0, 0.05) is 43.3 Å². The van der Waals surface area contributed by atoms with Crippen molar-refractivity contribution in [1.29, 1.82) is 0 Å². The highest BCUT2D eigenvalue weighted by Crippen LogP contribution is 2.49. The zero-order chi connectivity index (χ0) is 36.2. The lowest BCUT2D eigenvalue weighted by atomic mass is 10.1. The molecule has 52 heavy (non-hydrogen) atoms. The van der Waals surface area contributed by atoms with Gasteiger partial charge in [0.25, 0.3) is 11.5 Å². The van der Waals surface area contributed by atoms with E-state index in [1.807, 2.05) is 6.07 Å². The third kappa shape index (κ3) is 7.21. The summed E-state index contributed by atoms with van der Waals surface area (Å²) < 4.78 is 45.6. The number of nitrogens with one attached hydrogen (secondary N) is 1. The first-order valence-corrected chi connectivity index (χ1v) is 17.8. The number of hydrogen-bond acceptors (Lipinski definition) is 9. The van der Waals surface area contributed by atoms with Gasteiger partial charge in [-0.1, -0.05) is 24.9 Å². The molecule has 5 aromatic rings. The minimum atomic E-state index is -0.729. The van der Waals surface area contributed by atoms with Crippen molar-refractivity contribution in [2.24, 2.45) is 0 Å². The molecule has 1 saturated heterocycles. The molecule has 4 heterocycles. The minimum absolute atomic E-state index is 0.101. The maximum atomic E-state index is 13.6. The second-order valence-electron chi connectivity index (χ2n) is 12.3. The number of nitrogens with zero attached hydrogens (tertiary/aromatic N) is 3. The standard InChI is InChI=1S/C39H38ClFN4O7/c1-3-33(44-17-6-5-7-18-44)52-32-23-29-34(37-36(32)49-20-21-50-37)31(14-16-42-29)51-26-12-13-28(27(40)22-26)43-38(46)35-30(48-4-2)15-19-45(39(35)47)25-10-8-24(41)9-11-25/h8-16,19,22-23,33H,3-7,17-18,20-21H2,1-2H3,(H,43,46). The van der Waals surface area contributed by atoms with Crippen LogP contribution in [0, 0.1) is 5.82 Å². The molecule has 0 spiro atoms. The van der Waals surface area contributed by atoms with Gasteiger partial charge in [-0.3, -0.25) is 24.0 Å². The Kier molecular flexibility index (Phi) is 10.5. The molecular formula is C39H38ClFN4O7. The summed E-state index contributed by atoms with van der Waals surface area (Å²) >= 11 is 6.67. The first-order valence-electron chi connectivity index (χ1n) is 17.4. The van der Waals surface area contributed by atoms with Gasteiger partial charge in [0.2, 0.25) is 5.75 Å². The topological polar surface area (TPSA) is 113 Å². The number of ether oxygens (including phenoxy) is 5. The number of halogens is 2. The van der Waals surface area contributed by atoms with Crippen LogP contribution in [0.1, 0.15) is 49.9 Å². The fraction of sp³-hybridized carbons (Fsp3) is 0.308. The highest BCUT2D eigenvalue weighted by atomic mass is 35.5. The van der Waals surface area contributed by atoms with Crippen LogP contribution in [0.2, 0.25) is 5.02 Å². The van der Waals surface area contributed by atoms with Gasteiger partial charge >= 0.3 is 0 Å². The number of carbonyl (C=O) groups is 1. The van der Waals surface area contributed by atoms with E-state index >= 15 is 0 Å². The van der Waals surface area contributed by atoms with E-state index in [0.717, 1.165) is 32.4 Å². The van der Waals surface area contributed by atoms with Crippen molar-refractivity contribution in [3.05, 3.63) is 99.8 Å². The van der Waals surface area contributed by atoms with E-state index in [-0.39, 0.29) is 34.9 Å². The van der Waals surface area contributed by atoms with Gasteiger partial charge in [-0.15, -0.1) is 0 Å². The fourth-order valence-corrected chi connectivity index (χ4v) is 6.71. The van der Waals surface area contributed by atoms with E-state index in [9.17, 15) is 14.0 Å². The van der Waals surface area contributed by atoms with E-state index in [2.05, 4.69) is 22.1 Å². The van der Waals surface area contributed by atoms with E-state index < -0.39 is 17.3 Å². The number of likely N-dealkylation sites (tertiary alicyclic amines) is 1. The predicted molar refractivity (Wildman–Crippen MR) is 196 cm³/mol. The fourth-order valence-electron chi connectivity index (χ4n) is 6.50. The SMILES string of the molecule is CCOc1ccn(-c2ccc(F)cc2)c(=O)c1C(=O)Nc1ccc(Oc2ccnc3cc(OC(CC)N4CCCCC4)c4c(c23)OCCO4)cc1Cl. The Morgan fingerprint density at radius 2 is 1.73 bits per heavy atom. The van der Waals surface area contributed by atoms with Crippen LogP contribution in [0.15, 0.2) is 77.9 Å². The summed E-state index contributed by atoms with van der Waals surface area (Å²) in [5.74, 6) is 1.33. The monoisotopic (exact) mass is 728 g/mol. The third-order valence-electron chi connectivity index (χ3n) is 8.96. The summed E-state index contributed by atoms with van der Waals surface area (Å²) in [7, 11) is 0. The molecule has 270 valence electrons. The molecule has 1 N–H and O–H groups in total. The van der Waals surface area contributed by atoms with Crippen LogP contribution in [-0.4, -0.2) is 59.5 Å². The molecule has 7 rings (SSSR count). The Morgan fingerprint density at radius 1 is 0.962 bits per heavy atom. The number of anilines is 1. The Bertz CT molecular complexity index is 2150. The van der Waals surface area contributed by atoms with E-state index in [0.29, 0.717) is 58.6 Å². The number of piperidine rings is 1. The van der Waals surface area contributed by atoms with Crippen molar-refractivity contribution >= 4 is 34.1 Å². The number of aromatic nitrogens is 2. The van der Waals surface area contributed by atoms with Crippen LogP contribution in [0.3, 0.4) is 0 Å². The molecule has 1 atom stereocenters. The third-order valence-corrected chi connectivity index (χ3v) is 9.27. The Morgan fingerprint density at radius 3 is 2.46 bits per heavy atom. The lowest BCUT2D eigenvalue weighted by Crippen LogP contribution is -2.42. The summed E-state index contributed by atoms with van der Waals surface area (Å²) in [5, 5.41) is 3.51. The summed E-state index contributed by atoms with van der Waals surface area (Å²) in [6.45, 7) is 6.80. The first kappa shape index (κ1) is 35.1. The average Bonchev–Trinajstić information content (AvgIpc) is 3.16. The lowest BCUT2D eigenvalue weighted by molar-refractivity contribution is 0.00665. The molecule has 2 aliphatic heterocycles. The number of amides is 1. The molecule has 1 amide bonds. The zero-order valence-electron chi connectivity index (χ0n) is 28.8. The van der Waals surface area contributed by atoms with Gasteiger partial charge < -0.3 is 29.0 Å². The maximum Gasteiger partial charge on any atom is 0.271 e. The Labute approximate surface area is 304 Å². The normalized spacial score (nSPS) is 14.8. The summed E-state index contributed by atoms with van der Waals surface area (Å²) in [5.41, 5.74) is 0.365. The number of pyridine rings is 2. The summed E-state index contributed by atoms with van der Waals surface area (Å²) in [4.78, 5) is 34.1. The molecule has 0 aliphatic carbocycles. The van der Waals surface area contributed by atoms with Crippen molar-refractivity contribution in [2.75, 3.05) is 38.2 Å². The van der Waals surface area contributed by atoms with Gasteiger partial charge in [-0.25, -0.2) is 4.39 Å². The molecule has 2 aromatic heterocycles. The largest absolute Gasteiger partial charge is 0.493 e. The first-order chi connectivity index (χ1) is 25.3. The molecule has 13 heteroatoms. The zero-order valence-corrected chi connectivity index (χ0v) is 29.6. The maximum absolute atomic E-state index is 13.6. The predicted octanol–water partition coefficient (Wildman–Crippen LogP) is 7.99. The molecule has 2 aliphatic rings. The highest BCUT2D eigenvalue weighted by Gasteiger charge is 2.28. The molecular weight excluding hydrogens is 691 g/mol. The van der Waals surface area contributed by atoms with E-state index in [1.165, 1.54) is 47.5 Å². The van der Waals surface area contributed by atoms with E-state index in [1.54, 1.807) is 37.4 Å². The summed E-state index contributed by atoms with van der Waals surface area (Å²) in [6.07, 6.45) is 7.36. The van der Waals surface area contributed by atoms with Crippen LogP contribution in [0.5, 0.6) is 34.5 Å². The number of rotatable bonds is 11. The lowest BCUT2D eigenvalue weighted by Gasteiger charge is -2.34. The molecule has 0 saturated carbocycles. The molecule has 11 nitrogen and oxygen atoms in total. The number of hydrogen-bond donors (Lipinski definition) is 1. The van der Waals surface area contributed by atoms with Gasteiger partial charge in [-0.05, 0) is 74.7 Å². The van der Waals surface area contributed by atoms with Gasteiger partial charge in [-0.2, -0.15) is 0 Å². The molecule has 1 unspecified atom stereocenters. The molecule has 1 fully saturated rings. The van der Waals surface area contributed by atoms with Gasteiger partial charge in [0.1, 0.15) is 41.8 Å². The van der Waals surface area contributed by atoms with Gasteiger partial charge in [0.05, 0.1) is 28.2 Å². The second kappa shape index (κ2) is 15.5. The van der Waals surface area contributed by atoms with Crippen LogP contribution < -0.4 is 34.6 Å². The van der Waals surface area contributed by atoms with Gasteiger partial charge in [0.15, 0.2) is 17.7 Å². The van der Waals surface area contributed by atoms with Crippen LogP contribution >= 0.6 is 11.6 Å². The Hall–Kier alpha value is -5.33. The van der Waals surface area contributed by atoms with Crippen molar-refractivity contribution in [1.82, 2.24) is 14.5 Å². The quantitative estimate of drug-likeness (QED) is 0.145. The van der Waals surface area contributed by atoms with Crippen molar-refractivity contribution in [2.45, 2.75) is 45.8 Å². The van der Waals surface area contributed by atoms with Crippen LogP contribution in [0.25, 0.3) is 16.6 Å². The molecule has 3 aromatic carbocycles. The van der Waals surface area contributed by atoms with Crippen molar-refractivity contribution < 1.29 is 32.9 Å². The molecule has 0 radical (unpaired) electrons. The molecule has 0 bridgehead atoms. The second-order valence-corrected chi connectivity index (χ2v) is 12.8. The van der Waals surface area contributed by atoms with Crippen LogP contribution in [0.4, 0.5) is 10.1 Å². The average molecular weight is 729 g/mol. The number of fused-ring (bicyclic) bond motifs is 3. The Balaban J connectivity index is 1.15. The minimum Gasteiger partial charge on any atom is -0.493 e. The van der Waals surface area contributed by atoms with Crippen molar-refractivity contribution in [3.63, 3.8) is 0 Å². The smallest absolute Gasteiger partial charge is 0.271 e. The van der Waals surface area contributed by atoms with E-state index in [4.69, 9.17) is 35.3 Å². The summed E-state index contributed by atoms with van der Waals surface area (Å²) in [6, 6.07) is 15.2. The van der Waals surface area contributed by atoms with Crippen molar-refractivity contribution in [3.8, 4) is 40.2 Å². The number of carbonyl (C=O) groups excluding carboxylic acids is 1. The highest BCUT2D eigenvalue weighted by molar-refractivity contribution is 6.34. The van der Waals surface area contributed by atoms with Crippen LogP contribution in [-0.2, 0) is 0 Å².